The Morgan fingerprint density at radius 2 is 1.80 bits per heavy atom. The summed E-state index contributed by atoms with van der Waals surface area (Å²) in [7, 11) is -4.35. The number of oxime groups is 1. The van der Waals surface area contributed by atoms with Crippen LogP contribution in [0.2, 0.25) is 0 Å². The van der Waals surface area contributed by atoms with Gasteiger partial charge in [-0.2, -0.15) is 13.7 Å². The molecule has 0 heterocycles. The smallest absolute Gasteiger partial charge is 0.358 e. The van der Waals surface area contributed by atoms with Gasteiger partial charge in [-0.1, -0.05) is 53.7 Å². The Morgan fingerprint density at radius 1 is 1.10 bits per heavy atom. The molecule has 0 radical (unpaired) electrons. The highest BCUT2D eigenvalue weighted by Gasteiger charge is 2.19. The highest BCUT2D eigenvalue weighted by atomic mass is 32.2. The van der Waals surface area contributed by atoms with E-state index in [9.17, 15) is 18.5 Å². The Hall–Kier alpha value is -3.48. The minimum Gasteiger partial charge on any atom is -0.460 e. The fourth-order valence-electron chi connectivity index (χ4n) is 2.16. The Bertz CT molecular complexity index is 1070. The average Bonchev–Trinajstić information content (AvgIpc) is 2.74. The molecule has 2 aromatic carbocycles. The monoisotopic (exact) mass is 428 g/mol. The first-order valence-corrected chi connectivity index (χ1v) is 10.2. The Balaban J connectivity index is 2.06. The highest BCUT2D eigenvalue weighted by Crippen LogP contribution is 2.16. The third-order valence-corrected chi connectivity index (χ3v) is 4.65. The van der Waals surface area contributed by atoms with Crippen molar-refractivity contribution >= 4 is 21.8 Å². The molecule has 8 nitrogen and oxygen atoms in total. The molecule has 0 saturated carbocycles. The van der Waals surface area contributed by atoms with Crippen LogP contribution in [0.5, 0.6) is 0 Å². The summed E-state index contributed by atoms with van der Waals surface area (Å²) < 4.78 is 39.7. The quantitative estimate of drug-likeness (QED) is 0.188. The maximum absolute atomic E-state index is 12.4. The number of nitriles is 1. The zero-order valence-electron chi connectivity index (χ0n) is 16.3. The molecule has 0 atom stereocenters. The van der Waals surface area contributed by atoms with E-state index >= 15 is 0 Å². The number of carbonyl (C=O) groups excluding carboxylic acids is 1. The van der Waals surface area contributed by atoms with Crippen LogP contribution in [-0.2, 0) is 23.9 Å². The molecule has 0 aliphatic heterocycles. The molecule has 9 heteroatoms. The van der Waals surface area contributed by atoms with Gasteiger partial charge in [0.1, 0.15) is 17.6 Å². The third-order valence-electron chi connectivity index (χ3n) is 3.55. The molecule has 2 rings (SSSR count). The summed E-state index contributed by atoms with van der Waals surface area (Å²) in [6.45, 7) is 6.05. The summed E-state index contributed by atoms with van der Waals surface area (Å²) >= 11 is 0. The van der Waals surface area contributed by atoms with Gasteiger partial charge in [-0.15, -0.1) is 0 Å². The number of ether oxygens (including phenoxy) is 2. The zero-order valence-corrected chi connectivity index (χ0v) is 17.1. The standard InChI is InChI=1S/C21H20N2O6S/c1-16(2)15-27-11-12-28-21(24)18-9-6-10-19(13-18)30(25,26)29-23-20(14-22)17-7-4-3-5-8-17/h3-10,13H,1,11-12,15H2,2H3/b23-20+. The minimum absolute atomic E-state index is 0.00644. The van der Waals surface area contributed by atoms with E-state index in [2.05, 4.69) is 16.0 Å². The number of benzene rings is 2. The summed E-state index contributed by atoms with van der Waals surface area (Å²) in [5.41, 5.74) is 1.06. The number of nitrogens with zero attached hydrogens (tertiary/aromatic N) is 2. The molecule has 2 aromatic rings. The van der Waals surface area contributed by atoms with E-state index in [0.29, 0.717) is 12.2 Å². The predicted molar refractivity (Wildman–Crippen MR) is 109 cm³/mol. The Labute approximate surface area is 175 Å². The number of hydrogen-bond donors (Lipinski definition) is 0. The third kappa shape index (κ3) is 6.84. The summed E-state index contributed by atoms with van der Waals surface area (Å²) in [6.07, 6.45) is 0. The lowest BCUT2D eigenvalue weighted by Crippen LogP contribution is -2.12. The molecule has 0 bridgehead atoms. The van der Waals surface area contributed by atoms with Crippen molar-refractivity contribution in [2.75, 3.05) is 19.8 Å². The van der Waals surface area contributed by atoms with E-state index in [1.165, 1.54) is 18.2 Å². The van der Waals surface area contributed by atoms with Crippen molar-refractivity contribution < 1.29 is 27.0 Å². The summed E-state index contributed by atoms with van der Waals surface area (Å²) in [4.78, 5) is 11.8. The van der Waals surface area contributed by atoms with Crippen LogP contribution in [0, 0.1) is 11.3 Å². The molecule has 0 aliphatic rings. The highest BCUT2D eigenvalue weighted by molar-refractivity contribution is 7.86. The molecule has 0 aliphatic carbocycles. The van der Waals surface area contributed by atoms with Crippen molar-refractivity contribution in [3.63, 3.8) is 0 Å². The first kappa shape index (κ1) is 22.8. The topological polar surface area (TPSA) is 115 Å². The van der Waals surface area contributed by atoms with Gasteiger partial charge in [0.15, 0.2) is 5.71 Å². The van der Waals surface area contributed by atoms with Crippen molar-refractivity contribution in [1.82, 2.24) is 0 Å². The first-order chi connectivity index (χ1) is 14.3. The van der Waals surface area contributed by atoms with Crippen LogP contribution in [0.4, 0.5) is 0 Å². The number of carbonyl (C=O) groups is 1. The van der Waals surface area contributed by atoms with Gasteiger partial charge in [0.05, 0.1) is 18.8 Å². The second kappa shape index (κ2) is 10.9. The van der Waals surface area contributed by atoms with Crippen LogP contribution in [0.15, 0.2) is 76.8 Å². The van der Waals surface area contributed by atoms with Crippen LogP contribution >= 0.6 is 0 Å². The molecule has 0 N–H and O–H groups in total. The van der Waals surface area contributed by atoms with Crippen molar-refractivity contribution in [1.29, 1.82) is 5.26 Å². The normalized spacial score (nSPS) is 11.4. The number of hydrogen-bond acceptors (Lipinski definition) is 8. The SMILES string of the molecule is C=C(C)COCCOC(=O)c1cccc(S(=O)(=O)O/N=C(\C#N)c2ccccc2)c1. The summed E-state index contributed by atoms with van der Waals surface area (Å²) in [5.74, 6) is -0.712. The molecular formula is C21H20N2O6S. The molecule has 0 spiro atoms. The second-order valence-corrected chi connectivity index (χ2v) is 7.65. The molecule has 0 aromatic heterocycles. The molecule has 30 heavy (non-hydrogen) atoms. The Morgan fingerprint density at radius 3 is 2.47 bits per heavy atom. The Kier molecular flexibility index (Phi) is 8.29. The van der Waals surface area contributed by atoms with E-state index in [4.69, 9.17) is 9.47 Å². The van der Waals surface area contributed by atoms with Gasteiger partial charge >= 0.3 is 16.1 Å². The van der Waals surface area contributed by atoms with Crippen molar-refractivity contribution in [2.24, 2.45) is 5.16 Å². The molecule has 0 unspecified atom stereocenters. The van der Waals surface area contributed by atoms with E-state index in [1.807, 2.05) is 6.92 Å². The number of esters is 1. The van der Waals surface area contributed by atoms with Crippen LogP contribution < -0.4 is 0 Å². The van der Waals surface area contributed by atoms with Gasteiger partial charge in [0, 0.05) is 5.56 Å². The fraction of sp³-hybridized carbons (Fsp3) is 0.190. The van der Waals surface area contributed by atoms with Gasteiger partial charge in [-0.05, 0) is 25.1 Å². The van der Waals surface area contributed by atoms with Crippen molar-refractivity contribution in [2.45, 2.75) is 11.8 Å². The molecule has 156 valence electrons. The van der Waals surface area contributed by atoms with Gasteiger partial charge in [-0.25, -0.2) is 4.79 Å². The lowest BCUT2D eigenvalue weighted by atomic mass is 10.1. The minimum atomic E-state index is -4.35. The average molecular weight is 428 g/mol. The zero-order chi connectivity index (χ0) is 22.0. The van der Waals surface area contributed by atoms with Gasteiger partial charge in [0.25, 0.3) is 0 Å². The van der Waals surface area contributed by atoms with Crippen molar-refractivity contribution in [3.8, 4) is 6.07 Å². The lowest BCUT2D eigenvalue weighted by Gasteiger charge is -2.07. The maximum atomic E-state index is 12.4. The summed E-state index contributed by atoms with van der Waals surface area (Å²) in [6, 6.07) is 15.2. The largest absolute Gasteiger partial charge is 0.460 e. The van der Waals surface area contributed by atoms with Crippen LogP contribution in [0.3, 0.4) is 0 Å². The maximum Gasteiger partial charge on any atom is 0.358 e. The fourth-order valence-corrected chi connectivity index (χ4v) is 2.94. The number of rotatable bonds is 10. The van der Waals surface area contributed by atoms with E-state index < -0.39 is 16.1 Å². The second-order valence-electron chi connectivity index (χ2n) is 6.12. The van der Waals surface area contributed by atoms with Gasteiger partial charge < -0.3 is 9.47 Å². The predicted octanol–water partition coefficient (Wildman–Crippen LogP) is 3.07. The lowest BCUT2D eigenvalue weighted by molar-refractivity contribution is 0.0347. The van der Waals surface area contributed by atoms with Crippen molar-refractivity contribution in [3.05, 3.63) is 77.9 Å². The molecule has 0 saturated heterocycles. The first-order valence-electron chi connectivity index (χ1n) is 8.80. The van der Waals surface area contributed by atoms with Gasteiger partial charge in [0.2, 0.25) is 0 Å². The van der Waals surface area contributed by atoms with E-state index in [0.717, 1.165) is 11.6 Å². The van der Waals surface area contributed by atoms with Crippen LogP contribution in [-0.4, -0.2) is 39.9 Å². The van der Waals surface area contributed by atoms with E-state index in [1.54, 1.807) is 36.4 Å². The summed E-state index contributed by atoms with van der Waals surface area (Å²) in [5, 5.41) is 12.6. The van der Waals surface area contributed by atoms with Crippen LogP contribution in [0.1, 0.15) is 22.8 Å². The van der Waals surface area contributed by atoms with Gasteiger partial charge in [-0.3, -0.25) is 4.28 Å². The molecule has 0 fully saturated rings. The molecule has 0 amide bonds. The van der Waals surface area contributed by atoms with E-state index in [-0.39, 0.29) is 29.4 Å². The molecular weight excluding hydrogens is 408 g/mol. The van der Waals surface area contributed by atoms with Crippen LogP contribution in [0.25, 0.3) is 0 Å².